The maximum atomic E-state index is 14.3. The molecule has 11 heteroatoms. The minimum Gasteiger partial charge on any atom is -0.494 e. The minimum absolute atomic E-state index is 0.115. The summed E-state index contributed by atoms with van der Waals surface area (Å²) in [7, 11) is 4.85. The number of anilines is 3. The van der Waals surface area contributed by atoms with Crippen LogP contribution in [-0.4, -0.2) is 48.5 Å². The number of hydrogen-bond acceptors (Lipinski definition) is 6. The van der Waals surface area contributed by atoms with Gasteiger partial charge in [0.15, 0.2) is 11.6 Å². The number of ether oxygens (including phenoxy) is 1. The third-order valence-corrected chi connectivity index (χ3v) is 4.69. The van der Waals surface area contributed by atoms with Gasteiger partial charge in [0.2, 0.25) is 0 Å². The quantitative estimate of drug-likeness (QED) is 0.390. The molecule has 2 aromatic carbocycles. The van der Waals surface area contributed by atoms with E-state index in [2.05, 4.69) is 20.6 Å². The molecule has 0 unspecified atom stereocenters. The van der Waals surface area contributed by atoms with Crippen LogP contribution in [0, 0.1) is 11.6 Å². The number of carbonyl (C=O) groups excluding carboxylic acids is 1. The molecule has 0 fully saturated rings. The van der Waals surface area contributed by atoms with E-state index in [9.17, 15) is 18.0 Å². The first-order valence-corrected chi connectivity index (χ1v) is 9.64. The van der Waals surface area contributed by atoms with E-state index in [-0.39, 0.29) is 29.5 Å². The summed E-state index contributed by atoms with van der Waals surface area (Å²) in [5, 5.41) is 4.88. The summed E-state index contributed by atoms with van der Waals surface area (Å²) in [6, 6.07) is 5.14. The summed E-state index contributed by atoms with van der Waals surface area (Å²) >= 11 is 5.63. The number of halogens is 4. The van der Waals surface area contributed by atoms with E-state index in [1.807, 2.05) is 0 Å². The van der Waals surface area contributed by atoms with Gasteiger partial charge in [0, 0.05) is 18.0 Å². The summed E-state index contributed by atoms with van der Waals surface area (Å²) in [4.78, 5) is 22.2. The molecule has 3 rings (SSSR count). The Labute approximate surface area is 186 Å². The van der Waals surface area contributed by atoms with Crippen molar-refractivity contribution in [3.8, 4) is 5.75 Å². The van der Waals surface area contributed by atoms with Crippen molar-refractivity contribution < 1.29 is 22.7 Å². The molecule has 7 nitrogen and oxygen atoms in total. The van der Waals surface area contributed by atoms with Crippen molar-refractivity contribution in [2.45, 2.75) is 0 Å². The molecule has 1 heterocycles. The first-order chi connectivity index (χ1) is 15.2. The molecular formula is C21H19ClF3N5O2. The van der Waals surface area contributed by atoms with E-state index < -0.39 is 28.4 Å². The van der Waals surface area contributed by atoms with Gasteiger partial charge in [-0.1, -0.05) is 11.6 Å². The molecule has 2 N–H and O–H groups in total. The fourth-order valence-electron chi connectivity index (χ4n) is 2.74. The lowest BCUT2D eigenvalue weighted by molar-refractivity contribution is -0.114. The van der Waals surface area contributed by atoms with E-state index in [1.54, 1.807) is 19.0 Å². The Hall–Kier alpha value is -3.37. The molecule has 0 radical (unpaired) electrons. The molecule has 0 aliphatic heterocycles. The van der Waals surface area contributed by atoms with Crippen molar-refractivity contribution >= 4 is 45.6 Å². The van der Waals surface area contributed by atoms with Crippen molar-refractivity contribution in [1.82, 2.24) is 14.9 Å². The smallest absolute Gasteiger partial charge is 0.284 e. The maximum absolute atomic E-state index is 14.3. The highest BCUT2D eigenvalue weighted by Crippen LogP contribution is 2.34. The second-order valence-corrected chi connectivity index (χ2v) is 7.29. The second kappa shape index (κ2) is 9.84. The van der Waals surface area contributed by atoms with Crippen molar-refractivity contribution in [3.63, 3.8) is 0 Å². The first kappa shape index (κ1) is 23.3. The van der Waals surface area contributed by atoms with Crippen molar-refractivity contribution in [2.75, 3.05) is 38.4 Å². The average Bonchev–Trinajstić information content (AvgIpc) is 2.77. The van der Waals surface area contributed by atoms with Gasteiger partial charge in [-0.15, -0.1) is 0 Å². The normalized spacial score (nSPS) is 11.7. The number of hydrogen-bond donors (Lipinski definition) is 2. The van der Waals surface area contributed by atoms with Gasteiger partial charge in [0.1, 0.15) is 28.7 Å². The van der Waals surface area contributed by atoms with E-state index >= 15 is 0 Å². The molecule has 1 amide bonds. The zero-order chi connectivity index (χ0) is 23.4. The molecule has 0 aliphatic rings. The molecule has 0 spiro atoms. The molecule has 0 saturated carbocycles. The Kier molecular flexibility index (Phi) is 7.16. The van der Waals surface area contributed by atoms with Gasteiger partial charge in [0.05, 0.1) is 24.0 Å². The van der Waals surface area contributed by atoms with Crippen LogP contribution < -0.4 is 15.4 Å². The minimum atomic E-state index is -0.992. The average molecular weight is 466 g/mol. The van der Waals surface area contributed by atoms with Crippen molar-refractivity contribution in [3.05, 3.63) is 59.2 Å². The maximum Gasteiger partial charge on any atom is 0.284 e. The monoisotopic (exact) mass is 465 g/mol. The number of nitrogens with zero attached hydrogens (tertiary/aromatic N) is 3. The van der Waals surface area contributed by atoms with Crippen LogP contribution in [0.5, 0.6) is 5.75 Å². The molecular weight excluding hydrogens is 447 g/mol. The van der Waals surface area contributed by atoms with Gasteiger partial charge < -0.3 is 20.3 Å². The summed E-state index contributed by atoms with van der Waals surface area (Å²) in [5.74, 6) is -3.45. The van der Waals surface area contributed by atoms with Crippen LogP contribution in [0.1, 0.15) is 0 Å². The lowest BCUT2D eigenvalue weighted by Crippen LogP contribution is -2.16. The van der Waals surface area contributed by atoms with Gasteiger partial charge in [-0.3, -0.25) is 4.79 Å². The Bertz CT molecular complexity index is 1200. The highest BCUT2D eigenvalue weighted by molar-refractivity contribution is 6.31. The molecule has 168 valence electrons. The number of nitrogens with one attached hydrogen (secondary N) is 2. The van der Waals surface area contributed by atoms with Gasteiger partial charge in [-0.25, -0.2) is 23.1 Å². The van der Waals surface area contributed by atoms with Gasteiger partial charge in [-0.05, 0) is 38.4 Å². The van der Waals surface area contributed by atoms with Crippen molar-refractivity contribution in [1.29, 1.82) is 0 Å². The number of rotatable bonds is 7. The fraction of sp³-hybridized carbons (Fsp3) is 0.190. The van der Waals surface area contributed by atoms with E-state index in [0.29, 0.717) is 10.9 Å². The molecule has 1 aromatic heterocycles. The number of methoxy groups -OCH3 is 1. The van der Waals surface area contributed by atoms with Crippen LogP contribution in [0.3, 0.4) is 0 Å². The molecule has 0 bridgehead atoms. The predicted molar refractivity (Wildman–Crippen MR) is 117 cm³/mol. The number of benzene rings is 2. The molecule has 0 saturated heterocycles. The van der Waals surface area contributed by atoms with Crippen LogP contribution in [0.2, 0.25) is 5.02 Å². The predicted octanol–water partition coefficient (Wildman–Crippen LogP) is 4.67. The zero-order valence-corrected chi connectivity index (χ0v) is 18.1. The number of likely N-dealkylation sites (N-methyl/N-ethyl adjacent to an activating group) is 1. The largest absolute Gasteiger partial charge is 0.494 e. The number of amides is 1. The highest BCUT2D eigenvalue weighted by Gasteiger charge is 2.17. The Morgan fingerprint density at radius 1 is 1.22 bits per heavy atom. The molecule has 3 aromatic rings. The third-order valence-electron chi connectivity index (χ3n) is 4.35. The van der Waals surface area contributed by atoms with Gasteiger partial charge in [-0.2, -0.15) is 0 Å². The SMILES string of the molecule is COc1cc2ncnc(Nc3ccc(F)c(Cl)c3F)c2cc1NC(=O)/C(F)=C/CN(C)C. The van der Waals surface area contributed by atoms with E-state index in [1.165, 1.54) is 31.6 Å². The Morgan fingerprint density at radius 2 is 1.97 bits per heavy atom. The van der Waals surface area contributed by atoms with Crippen molar-refractivity contribution in [2.24, 2.45) is 0 Å². The van der Waals surface area contributed by atoms with Crippen LogP contribution in [0.25, 0.3) is 10.9 Å². The summed E-state index contributed by atoms with van der Waals surface area (Å²) in [6.45, 7) is 0.238. The first-order valence-electron chi connectivity index (χ1n) is 9.26. The van der Waals surface area contributed by atoms with Gasteiger partial charge >= 0.3 is 0 Å². The Balaban J connectivity index is 2.00. The van der Waals surface area contributed by atoms with Crippen LogP contribution in [-0.2, 0) is 4.79 Å². The van der Waals surface area contributed by atoms with Gasteiger partial charge in [0.25, 0.3) is 5.91 Å². The number of fused-ring (bicyclic) bond motifs is 1. The lowest BCUT2D eigenvalue weighted by Gasteiger charge is -2.14. The second-order valence-electron chi connectivity index (χ2n) is 6.91. The molecule has 32 heavy (non-hydrogen) atoms. The zero-order valence-electron chi connectivity index (χ0n) is 17.3. The van der Waals surface area contributed by atoms with Crippen LogP contribution in [0.15, 0.2) is 42.5 Å². The number of aromatic nitrogens is 2. The standard InChI is InChI=1S/C21H19ClF3N5O2/c1-30(2)7-6-13(24)21(31)29-16-8-11-15(9-17(16)32-3)26-10-27-20(11)28-14-5-4-12(23)18(22)19(14)25/h4-6,8-10H,7H2,1-3H3,(H,29,31)(H,26,27,28)/b13-6-. The highest BCUT2D eigenvalue weighted by atomic mass is 35.5. The van der Waals surface area contributed by atoms with E-state index in [4.69, 9.17) is 16.3 Å². The molecule has 0 aliphatic carbocycles. The number of carbonyl (C=O) groups is 1. The van der Waals surface area contributed by atoms with Crippen LogP contribution in [0.4, 0.5) is 30.4 Å². The third kappa shape index (κ3) is 5.09. The Morgan fingerprint density at radius 3 is 2.66 bits per heavy atom. The summed E-state index contributed by atoms with van der Waals surface area (Å²) < 4.78 is 47.2. The summed E-state index contributed by atoms with van der Waals surface area (Å²) in [5.41, 5.74) is 0.430. The fourth-order valence-corrected chi connectivity index (χ4v) is 2.90. The summed E-state index contributed by atoms with van der Waals surface area (Å²) in [6.07, 6.45) is 2.37. The topological polar surface area (TPSA) is 79.4 Å². The van der Waals surface area contributed by atoms with Crippen LogP contribution >= 0.6 is 11.6 Å². The lowest BCUT2D eigenvalue weighted by atomic mass is 10.1. The van der Waals surface area contributed by atoms with E-state index in [0.717, 1.165) is 12.1 Å². The molecule has 0 atom stereocenters.